The van der Waals surface area contributed by atoms with Gasteiger partial charge in [-0.25, -0.2) is 0 Å². The van der Waals surface area contributed by atoms with Gasteiger partial charge in [0, 0.05) is 12.6 Å². The Kier molecular flexibility index (Phi) is 8.29. The summed E-state index contributed by atoms with van der Waals surface area (Å²) >= 11 is 5.25. The number of nitrogens with one attached hydrogen (secondary N) is 3. The number of para-hydroxylation sites is 1. The van der Waals surface area contributed by atoms with Gasteiger partial charge in [-0.05, 0) is 54.9 Å². The van der Waals surface area contributed by atoms with E-state index in [1.165, 1.54) is 6.08 Å². The number of thiocarbonyl (C=S) groups is 1. The molecule has 0 heterocycles. The van der Waals surface area contributed by atoms with Crippen LogP contribution in [-0.2, 0) is 11.2 Å². The van der Waals surface area contributed by atoms with Crippen molar-refractivity contribution in [1.29, 1.82) is 0 Å². The van der Waals surface area contributed by atoms with Crippen LogP contribution in [0.15, 0.2) is 84.9 Å². The molecule has 0 aliphatic heterocycles. The van der Waals surface area contributed by atoms with Crippen molar-refractivity contribution in [2.75, 3.05) is 11.9 Å². The smallest absolute Gasteiger partial charge is 0.253 e. The second kappa shape index (κ2) is 11.6. The molecule has 0 aliphatic carbocycles. The predicted molar refractivity (Wildman–Crippen MR) is 133 cm³/mol. The van der Waals surface area contributed by atoms with Gasteiger partial charge in [0.2, 0.25) is 5.91 Å². The average molecular weight is 444 g/mol. The Balaban J connectivity index is 1.54. The molecule has 0 saturated carbocycles. The monoisotopic (exact) mass is 443 g/mol. The Morgan fingerprint density at radius 1 is 0.906 bits per heavy atom. The van der Waals surface area contributed by atoms with E-state index in [1.807, 2.05) is 61.5 Å². The van der Waals surface area contributed by atoms with E-state index < -0.39 is 0 Å². The molecule has 3 rings (SSSR count). The lowest BCUT2D eigenvalue weighted by atomic mass is 10.1. The number of anilines is 1. The van der Waals surface area contributed by atoms with Crippen LogP contribution >= 0.6 is 12.2 Å². The van der Waals surface area contributed by atoms with Crippen LogP contribution in [0.3, 0.4) is 0 Å². The lowest BCUT2D eigenvalue weighted by Crippen LogP contribution is -2.34. The van der Waals surface area contributed by atoms with Crippen LogP contribution < -0.4 is 16.0 Å². The molecule has 0 spiro atoms. The number of carbonyl (C=O) groups excluding carboxylic acids is 2. The molecule has 2 amide bonds. The largest absolute Gasteiger partial charge is 0.352 e. The van der Waals surface area contributed by atoms with Crippen LogP contribution in [0.1, 0.15) is 27.0 Å². The van der Waals surface area contributed by atoms with Crippen LogP contribution in [0, 0.1) is 6.92 Å². The van der Waals surface area contributed by atoms with E-state index >= 15 is 0 Å². The molecule has 5 nitrogen and oxygen atoms in total. The van der Waals surface area contributed by atoms with E-state index in [0.717, 1.165) is 23.1 Å². The van der Waals surface area contributed by atoms with E-state index in [2.05, 4.69) is 16.0 Å². The van der Waals surface area contributed by atoms with Crippen molar-refractivity contribution >= 4 is 40.9 Å². The van der Waals surface area contributed by atoms with Crippen LogP contribution in [0.25, 0.3) is 6.08 Å². The third-order valence-corrected chi connectivity index (χ3v) is 4.91. The minimum Gasteiger partial charge on any atom is -0.352 e. The minimum absolute atomic E-state index is 0.119. The van der Waals surface area contributed by atoms with Crippen LogP contribution in [0.5, 0.6) is 0 Å². The lowest BCUT2D eigenvalue weighted by molar-refractivity contribution is -0.115. The molecule has 32 heavy (non-hydrogen) atoms. The van der Waals surface area contributed by atoms with Gasteiger partial charge >= 0.3 is 0 Å². The highest BCUT2D eigenvalue weighted by molar-refractivity contribution is 7.80. The SMILES string of the molecule is Cc1ccc(C=CC(=O)NC(=S)Nc2ccccc2C(=O)NCCc2ccccc2)cc1. The fourth-order valence-corrected chi connectivity index (χ4v) is 3.22. The van der Waals surface area contributed by atoms with Gasteiger partial charge in [-0.3, -0.25) is 14.9 Å². The summed E-state index contributed by atoms with van der Waals surface area (Å²) in [5.41, 5.74) is 4.20. The van der Waals surface area contributed by atoms with E-state index in [-0.39, 0.29) is 16.9 Å². The fourth-order valence-electron chi connectivity index (χ4n) is 3.01. The second-order valence-electron chi connectivity index (χ2n) is 7.22. The zero-order chi connectivity index (χ0) is 22.8. The van der Waals surface area contributed by atoms with Crippen molar-refractivity contribution in [3.8, 4) is 0 Å². The highest BCUT2D eigenvalue weighted by atomic mass is 32.1. The molecule has 0 atom stereocenters. The quantitative estimate of drug-likeness (QED) is 0.372. The van der Waals surface area contributed by atoms with Crippen molar-refractivity contribution in [3.63, 3.8) is 0 Å². The Bertz CT molecular complexity index is 1110. The zero-order valence-electron chi connectivity index (χ0n) is 17.8. The number of aryl methyl sites for hydroxylation is 1. The van der Waals surface area contributed by atoms with Crippen LogP contribution in [-0.4, -0.2) is 23.5 Å². The van der Waals surface area contributed by atoms with Crippen molar-refractivity contribution in [1.82, 2.24) is 10.6 Å². The summed E-state index contributed by atoms with van der Waals surface area (Å²) in [5, 5.41) is 8.59. The van der Waals surface area contributed by atoms with E-state index in [1.54, 1.807) is 30.3 Å². The second-order valence-corrected chi connectivity index (χ2v) is 7.63. The first-order valence-electron chi connectivity index (χ1n) is 10.3. The van der Waals surface area contributed by atoms with Gasteiger partial charge in [0.05, 0.1) is 11.3 Å². The normalized spacial score (nSPS) is 10.5. The molecule has 3 N–H and O–H groups in total. The van der Waals surface area contributed by atoms with Crippen LogP contribution in [0.2, 0.25) is 0 Å². The molecule has 3 aromatic carbocycles. The molecule has 6 heteroatoms. The maximum Gasteiger partial charge on any atom is 0.253 e. The molecule has 0 aliphatic rings. The molecule has 0 saturated heterocycles. The van der Waals surface area contributed by atoms with Gasteiger partial charge < -0.3 is 10.6 Å². The number of carbonyl (C=O) groups is 2. The summed E-state index contributed by atoms with van der Waals surface area (Å²) in [6, 6.07) is 24.8. The molecule has 0 bridgehead atoms. The Hall–Kier alpha value is -3.77. The van der Waals surface area contributed by atoms with E-state index in [4.69, 9.17) is 12.2 Å². The van der Waals surface area contributed by atoms with Gasteiger partial charge in [0.15, 0.2) is 5.11 Å². The van der Waals surface area contributed by atoms with E-state index in [9.17, 15) is 9.59 Å². The van der Waals surface area contributed by atoms with Gasteiger partial charge in [-0.1, -0.05) is 72.3 Å². The van der Waals surface area contributed by atoms with Crippen molar-refractivity contribution in [2.45, 2.75) is 13.3 Å². The Labute approximate surface area is 193 Å². The van der Waals surface area contributed by atoms with Crippen molar-refractivity contribution in [2.24, 2.45) is 0 Å². The maximum absolute atomic E-state index is 12.6. The summed E-state index contributed by atoms with van der Waals surface area (Å²) < 4.78 is 0. The van der Waals surface area contributed by atoms with E-state index in [0.29, 0.717) is 17.8 Å². The fraction of sp³-hybridized carbons (Fsp3) is 0.115. The lowest BCUT2D eigenvalue weighted by Gasteiger charge is -2.13. The minimum atomic E-state index is -0.354. The van der Waals surface area contributed by atoms with Gasteiger partial charge in [-0.2, -0.15) is 0 Å². The number of rotatable bonds is 7. The number of hydrogen-bond donors (Lipinski definition) is 3. The molecule has 162 valence electrons. The summed E-state index contributed by atoms with van der Waals surface area (Å²) in [6.45, 7) is 2.52. The van der Waals surface area contributed by atoms with Crippen molar-refractivity contribution < 1.29 is 9.59 Å². The highest BCUT2D eigenvalue weighted by Gasteiger charge is 2.12. The predicted octanol–water partition coefficient (Wildman–Crippen LogP) is 4.49. The summed E-state index contributed by atoms with van der Waals surface area (Å²) in [7, 11) is 0. The Morgan fingerprint density at radius 2 is 1.59 bits per heavy atom. The summed E-state index contributed by atoms with van der Waals surface area (Å²) in [4.78, 5) is 24.8. The first-order chi connectivity index (χ1) is 15.5. The topological polar surface area (TPSA) is 70.2 Å². The highest BCUT2D eigenvalue weighted by Crippen LogP contribution is 2.15. The molecule has 0 fully saturated rings. The van der Waals surface area contributed by atoms with Gasteiger partial charge in [0.1, 0.15) is 0 Å². The first-order valence-corrected chi connectivity index (χ1v) is 10.7. The third kappa shape index (κ3) is 7.18. The maximum atomic E-state index is 12.6. The first kappa shape index (κ1) is 22.9. The molecule has 0 unspecified atom stereocenters. The molecule has 0 radical (unpaired) electrons. The van der Waals surface area contributed by atoms with Crippen molar-refractivity contribution in [3.05, 3.63) is 107 Å². The molecular weight excluding hydrogens is 418 g/mol. The van der Waals surface area contributed by atoms with Gasteiger partial charge in [0.25, 0.3) is 5.91 Å². The van der Waals surface area contributed by atoms with Crippen LogP contribution in [0.4, 0.5) is 5.69 Å². The molecule has 0 aromatic heterocycles. The standard InChI is InChI=1S/C26H25N3O2S/c1-19-11-13-21(14-12-19)15-16-24(30)29-26(32)28-23-10-6-5-9-22(23)25(31)27-18-17-20-7-3-2-4-8-20/h2-16H,17-18H2,1H3,(H,27,31)(H2,28,29,30,32). The summed E-state index contributed by atoms with van der Waals surface area (Å²) in [6.07, 6.45) is 3.87. The molecule has 3 aromatic rings. The number of benzene rings is 3. The van der Waals surface area contributed by atoms with Gasteiger partial charge in [-0.15, -0.1) is 0 Å². The number of amides is 2. The zero-order valence-corrected chi connectivity index (χ0v) is 18.6. The third-order valence-electron chi connectivity index (χ3n) is 4.70. The Morgan fingerprint density at radius 3 is 2.34 bits per heavy atom. The average Bonchev–Trinajstić information content (AvgIpc) is 2.79. The molecular formula is C26H25N3O2S. The summed E-state index contributed by atoms with van der Waals surface area (Å²) in [5.74, 6) is -0.565. The number of hydrogen-bond acceptors (Lipinski definition) is 3.